The Bertz CT molecular complexity index is 748. The van der Waals surface area contributed by atoms with Gasteiger partial charge in [0.05, 0.1) is 11.0 Å². The summed E-state index contributed by atoms with van der Waals surface area (Å²) in [5, 5.41) is 0. The van der Waals surface area contributed by atoms with E-state index in [-0.39, 0.29) is 12.0 Å². The van der Waals surface area contributed by atoms with Crippen molar-refractivity contribution in [2.75, 3.05) is 31.1 Å². The number of hydrogen-bond acceptors (Lipinski definition) is 5. The number of nitrogens with zero attached hydrogens (tertiary/aromatic N) is 4. The molecule has 1 fully saturated rings. The van der Waals surface area contributed by atoms with Gasteiger partial charge in [-0.05, 0) is 66.9 Å². The summed E-state index contributed by atoms with van der Waals surface area (Å²) in [6, 6.07) is 8.22. The molecule has 27 heavy (non-hydrogen) atoms. The summed E-state index contributed by atoms with van der Waals surface area (Å²) in [5.41, 5.74) is 1.86. The molecule has 0 radical (unpaired) electrons. The van der Waals surface area contributed by atoms with E-state index in [1.807, 2.05) is 29.2 Å². The van der Waals surface area contributed by atoms with Crippen molar-refractivity contribution < 1.29 is 9.53 Å². The molecule has 144 valence electrons. The molecule has 0 spiro atoms. The van der Waals surface area contributed by atoms with Crippen LogP contribution >= 0.6 is 15.9 Å². The fourth-order valence-electron chi connectivity index (χ4n) is 3.32. The third kappa shape index (κ3) is 4.97. The molecule has 3 rings (SSSR count). The van der Waals surface area contributed by atoms with Gasteiger partial charge in [-0.25, -0.2) is 9.97 Å². The first kappa shape index (κ1) is 19.6. The second-order valence-corrected chi connectivity index (χ2v) is 7.45. The molecule has 0 bridgehead atoms. The third-order valence-electron chi connectivity index (χ3n) is 4.78. The van der Waals surface area contributed by atoms with Gasteiger partial charge in [-0.1, -0.05) is 0 Å². The lowest BCUT2D eigenvalue weighted by Crippen LogP contribution is -2.44. The summed E-state index contributed by atoms with van der Waals surface area (Å²) in [4.78, 5) is 25.3. The van der Waals surface area contributed by atoms with Crippen molar-refractivity contribution in [3.8, 4) is 6.01 Å². The van der Waals surface area contributed by atoms with Gasteiger partial charge in [0.2, 0.25) is 0 Å². The Balaban J connectivity index is 1.63. The number of benzene rings is 1. The van der Waals surface area contributed by atoms with Crippen molar-refractivity contribution in [3.05, 3.63) is 46.7 Å². The number of ether oxygens (including phenoxy) is 1. The largest absolute Gasteiger partial charge is 0.458 e. The van der Waals surface area contributed by atoms with Crippen LogP contribution in [0.1, 0.15) is 37.0 Å². The van der Waals surface area contributed by atoms with Crippen molar-refractivity contribution in [1.29, 1.82) is 0 Å². The summed E-state index contributed by atoms with van der Waals surface area (Å²) in [7, 11) is 0. The van der Waals surface area contributed by atoms with Crippen LogP contribution in [-0.4, -0.2) is 53.1 Å². The lowest BCUT2D eigenvalue weighted by atomic mass is 10.1. The molecule has 2 aromatic rings. The number of amides is 1. The SMILES string of the molecule is CCN(CC)c1ccc(C(=O)N2CCC[C@@H](Oc3ncc(Br)cn3)C2)cc1. The van der Waals surface area contributed by atoms with E-state index in [1.165, 1.54) is 0 Å². The number of halogens is 1. The van der Waals surface area contributed by atoms with Crippen LogP contribution in [0.5, 0.6) is 6.01 Å². The molecule has 1 atom stereocenters. The van der Waals surface area contributed by atoms with E-state index in [9.17, 15) is 4.79 Å². The summed E-state index contributed by atoms with van der Waals surface area (Å²) in [6.07, 6.45) is 5.03. The average molecular weight is 433 g/mol. The van der Waals surface area contributed by atoms with Crippen LogP contribution in [0.2, 0.25) is 0 Å². The number of aromatic nitrogens is 2. The van der Waals surface area contributed by atoms with E-state index in [0.29, 0.717) is 18.1 Å². The molecule has 1 aromatic heterocycles. The van der Waals surface area contributed by atoms with E-state index >= 15 is 0 Å². The van der Waals surface area contributed by atoms with Gasteiger partial charge >= 0.3 is 6.01 Å². The maximum Gasteiger partial charge on any atom is 0.316 e. The van der Waals surface area contributed by atoms with Crippen LogP contribution in [0.25, 0.3) is 0 Å². The van der Waals surface area contributed by atoms with Crippen LogP contribution in [0.15, 0.2) is 41.1 Å². The maximum atomic E-state index is 12.9. The number of likely N-dealkylation sites (tertiary alicyclic amines) is 1. The molecular weight excluding hydrogens is 408 g/mol. The minimum atomic E-state index is -0.0844. The molecule has 1 aromatic carbocycles. The molecule has 0 saturated carbocycles. The topological polar surface area (TPSA) is 58.6 Å². The zero-order valence-electron chi connectivity index (χ0n) is 15.8. The first-order valence-electron chi connectivity index (χ1n) is 9.39. The van der Waals surface area contributed by atoms with Crippen LogP contribution in [0, 0.1) is 0 Å². The van der Waals surface area contributed by atoms with Gasteiger partial charge in [-0.15, -0.1) is 0 Å². The second-order valence-electron chi connectivity index (χ2n) is 6.54. The van der Waals surface area contributed by atoms with E-state index in [0.717, 1.165) is 42.6 Å². The Morgan fingerprint density at radius 2 is 1.89 bits per heavy atom. The smallest absolute Gasteiger partial charge is 0.316 e. The Labute approximate surface area is 168 Å². The standard InChI is InChI=1S/C20H25BrN4O2/c1-3-24(4-2)17-9-7-15(8-10-17)19(26)25-11-5-6-18(14-25)27-20-22-12-16(21)13-23-20/h7-10,12-13,18H,3-6,11,14H2,1-2H3/t18-/m1/s1. The zero-order valence-corrected chi connectivity index (χ0v) is 17.4. The highest BCUT2D eigenvalue weighted by molar-refractivity contribution is 9.10. The van der Waals surface area contributed by atoms with Gasteiger partial charge in [0, 0.05) is 43.3 Å². The predicted octanol–water partition coefficient (Wildman–Crippen LogP) is 3.77. The molecule has 1 saturated heterocycles. The summed E-state index contributed by atoms with van der Waals surface area (Å²) < 4.78 is 6.67. The summed E-state index contributed by atoms with van der Waals surface area (Å²) >= 11 is 3.31. The van der Waals surface area contributed by atoms with E-state index in [2.05, 4.69) is 44.6 Å². The van der Waals surface area contributed by atoms with Gasteiger partial charge in [0.25, 0.3) is 5.91 Å². The number of piperidine rings is 1. The lowest BCUT2D eigenvalue weighted by molar-refractivity contribution is 0.0515. The molecule has 7 heteroatoms. The highest BCUT2D eigenvalue weighted by Gasteiger charge is 2.26. The fourth-order valence-corrected chi connectivity index (χ4v) is 3.52. The molecule has 1 aliphatic heterocycles. The van der Waals surface area contributed by atoms with Crippen molar-refractivity contribution in [1.82, 2.24) is 14.9 Å². The minimum absolute atomic E-state index is 0.0473. The first-order chi connectivity index (χ1) is 13.1. The number of carbonyl (C=O) groups excluding carboxylic acids is 1. The predicted molar refractivity (Wildman–Crippen MR) is 109 cm³/mol. The molecule has 0 aliphatic carbocycles. The number of rotatable bonds is 6. The molecule has 0 unspecified atom stereocenters. The molecular formula is C20H25BrN4O2. The Kier molecular flexibility index (Phi) is 6.66. The highest BCUT2D eigenvalue weighted by Crippen LogP contribution is 2.20. The lowest BCUT2D eigenvalue weighted by Gasteiger charge is -2.32. The van der Waals surface area contributed by atoms with Gasteiger partial charge in [-0.2, -0.15) is 0 Å². The first-order valence-corrected chi connectivity index (χ1v) is 10.2. The minimum Gasteiger partial charge on any atom is -0.458 e. The zero-order chi connectivity index (χ0) is 19.2. The van der Waals surface area contributed by atoms with Gasteiger partial charge in [0.15, 0.2) is 0 Å². The Hall–Kier alpha value is -2.15. The van der Waals surface area contributed by atoms with E-state index in [1.54, 1.807) is 12.4 Å². The number of carbonyl (C=O) groups is 1. The second kappa shape index (κ2) is 9.17. The van der Waals surface area contributed by atoms with Crippen molar-refractivity contribution in [2.24, 2.45) is 0 Å². The number of anilines is 1. The monoisotopic (exact) mass is 432 g/mol. The van der Waals surface area contributed by atoms with Gasteiger partial charge in [0.1, 0.15) is 6.10 Å². The molecule has 0 N–H and O–H groups in total. The average Bonchev–Trinajstić information content (AvgIpc) is 2.71. The third-order valence-corrected chi connectivity index (χ3v) is 5.19. The van der Waals surface area contributed by atoms with Crippen molar-refractivity contribution in [2.45, 2.75) is 32.8 Å². The molecule has 1 aliphatic rings. The highest BCUT2D eigenvalue weighted by atomic mass is 79.9. The molecule has 1 amide bonds. The van der Waals surface area contributed by atoms with Crippen LogP contribution in [0.4, 0.5) is 5.69 Å². The summed E-state index contributed by atoms with van der Waals surface area (Å²) in [6.45, 7) is 7.46. The van der Waals surface area contributed by atoms with Crippen molar-refractivity contribution >= 4 is 27.5 Å². The van der Waals surface area contributed by atoms with E-state index in [4.69, 9.17) is 4.74 Å². The summed E-state index contributed by atoms with van der Waals surface area (Å²) in [5.74, 6) is 0.0473. The van der Waals surface area contributed by atoms with Crippen LogP contribution in [-0.2, 0) is 0 Å². The fraction of sp³-hybridized carbons (Fsp3) is 0.450. The number of hydrogen-bond donors (Lipinski definition) is 0. The van der Waals surface area contributed by atoms with E-state index < -0.39 is 0 Å². The van der Waals surface area contributed by atoms with Crippen LogP contribution < -0.4 is 9.64 Å². The molecule has 2 heterocycles. The van der Waals surface area contributed by atoms with Gasteiger partial charge < -0.3 is 14.5 Å². The quantitative estimate of drug-likeness (QED) is 0.694. The normalized spacial score (nSPS) is 16.9. The van der Waals surface area contributed by atoms with Gasteiger partial charge in [-0.3, -0.25) is 4.79 Å². The molecule has 6 nitrogen and oxygen atoms in total. The van der Waals surface area contributed by atoms with Crippen LogP contribution in [0.3, 0.4) is 0 Å². The van der Waals surface area contributed by atoms with Crippen molar-refractivity contribution in [3.63, 3.8) is 0 Å². The Morgan fingerprint density at radius 3 is 2.52 bits per heavy atom. The maximum absolute atomic E-state index is 12.9. The Morgan fingerprint density at radius 1 is 1.22 bits per heavy atom.